The molecule has 2 heterocycles. The van der Waals surface area contributed by atoms with Gasteiger partial charge in [0.15, 0.2) is 0 Å². The van der Waals surface area contributed by atoms with Crippen molar-refractivity contribution in [3.8, 4) is 5.75 Å². The molecule has 0 radical (unpaired) electrons. The number of anilines is 1. The topological polar surface area (TPSA) is 96.7 Å². The average molecular weight is 291 g/mol. The molecule has 1 aromatic heterocycles. The molecular formula is C14H17N3O4. The van der Waals surface area contributed by atoms with Gasteiger partial charge in [-0.3, -0.25) is 0 Å². The van der Waals surface area contributed by atoms with Crippen molar-refractivity contribution in [2.75, 3.05) is 25.6 Å². The number of aliphatic hydroxyl groups is 2. The highest BCUT2D eigenvalue weighted by Crippen LogP contribution is 2.21. The molecule has 0 saturated carbocycles. The van der Waals surface area contributed by atoms with E-state index in [2.05, 4.69) is 15.3 Å². The lowest BCUT2D eigenvalue weighted by atomic mass is 10.1. The smallest absolute Gasteiger partial charge is 0.222 e. The van der Waals surface area contributed by atoms with E-state index >= 15 is 0 Å². The van der Waals surface area contributed by atoms with Gasteiger partial charge in [0.25, 0.3) is 0 Å². The summed E-state index contributed by atoms with van der Waals surface area (Å²) in [5, 5.41) is 22.9. The van der Waals surface area contributed by atoms with Crippen LogP contribution in [-0.4, -0.2) is 58.8 Å². The van der Waals surface area contributed by atoms with Crippen LogP contribution < -0.4 is 10.1 Å². The summed E-state index contributed by atoms with van der Waals surface area (Å²) in [6.45, 7) is 0.305. The Bertz CT molecular complexity index is 637. The number of aromatic nitrogens is 2. The molecule has 112 valence electrons. The van der Waals surface area contributed by atoms with Crippen LogP contribution in [0.3, 0.4) is 0 Å². The van der Waals surface area contributed by atoms with Gasteiger partial charge in [-0.2, -0.15) is 0 Å². The Morgan fingerprint density at radius 3 is 3.00 bits per heavy atom. The lowest BCUT2D eigenvalue weighted by Crippen LogP contribution is -2.33. The summed E-state index contributed by atoms with van der Waals surface area (Å²) < 4.78 is 10.9. The first-order valence-electron chi connectivity index (χ1n) is 6.72. The second-order valence-electron chi connectivity index (χ2n) is 4.90. The fourth-order valence-corrected chi connectivity index (χ4v) is 2.21. The Balaban J connectivity index is 1.72. The van der Waals surface area contributed by atoms with Crippen molar-refractivity contribution in [1.29, 1.82) is 0 Å². The summed E-state index contributed by atoms with van der Waals surface area (Å²) in [6, 6.07) is 5.48. The van der Waals surface area contributed by atoms with Crippen molar-refractivity contribution in [2.24, 2.45) is 0 Å². The zero-order valence-electron chi connectivity index (χ0n) is 11.6. The Kier molecular flexibility index (Phi) is 3.87. The van der Waals surface area contributed by atoms with Crippen LogP contribution in [0.4, 0.5) is 5.95 Å². The molecule has 3 unspecified atom stereocenters. The van der Waals surface area contributed by atoms with Crippen LogP contribution in [0.25, 0.3) is 10.9 Å². The minimum absolute atomic E-state index is 0.131. The molecule has 1 aliphatic rings. The van der Waals surface area contributed by atoms with Crippen LogP contribution >= 0.6 is 0 Å². The molecule has 7 heteroatoms. The van der Waals surface area contributed by atoms with E-state index in [0.29, 0.717) is 11.7 Å². The van der Waals surface area contributed by atoms with Crippen LogP contribution in [0.15, 0.2) is 24.4 Å². The first-order chi connectivity index (χ1) is 10.2. The first-order valence-corrected chi connectivity index (χ1v) is 6.72. The predicted octanol–water partition coefficient (Wildman–Crippen LogP) is 0.171. The van der Waals surface area contributed by atoms with Crippen molar-refractivity contribution in [3.05, 3.63) is 24.4 Å². The zero-order valence-corrected chi connectivity index (χ0v) is 11.6. The van der Waals surface area contributed by atoms with Crippen LogP contribution in [0.5, 0.6) is 5.75 Å². The minimum atomic E-state index is -0.913. The molecule has 1 fully saturated rings. The molecule has 0 spiro atoms. The molecule has 0 amide bonds. The van der Waals surface area contributed by atoms with Crippen LogP contribution in [0, 0.1) is 0 Å². The number of aliphatic hydroxyl groups excluding tert-OH is 2. The number of benzene rings is 1. The van der Waals surface area contributed by atoms with Gasteiger partial charge >= 0.3 is 0 Å². The minimum Gasteiger partial charge on any atom is -0.491 e. The van der Waals surface area contributed by atoms with E-state index in [4.69, 9.17) is 9.47 Å². The van der Waals surface area contributed by atoms with Gasteiger partial charge < -0.3 is 25.0 Å². The van der Waals surface area contributed by atoms with Gasteiger partial charge in [-0.1, -0.05) is 0 Å². The van der Waals surface area contributed by atoms with Gasteiger partial charge in [0, 0.05) is 24.7 Å². The third-order valence-corrected chi connectivity index (χ3v) is 3.45. The maximum absolute atomic E-state index is 9.69. The van der Waals surface area contributed by atoms with Crippen molar-refractivity contribution in [2.45, 2.75) is 18.3 Å². The van der Waals surface area contributed by atoms with E-state index in [1.807, 2.05) is 12.1 Å². The van der Waals surface area contributed by atoms with Gasteiger partial charge in [0.1, 0.15) is 30.7 Å². The van der Waals surface area contributed by atoms with Crippen molar-refractivity contribution >= 4 is 16.9 Å². The number of fused-ring (bicyclic) bond motifs is 1. The highest BCUT2D eigenvalue weighted by molar-refractivity contribution is 5.80. The molecule has 1 aliphatic heterocycles. The Labute approximate surface area is 121 Å². The molecule has 3 N–H and O–H groups in total. The highest BCUT2D eigenvalue weighted by Gasteiger charge is 2.34. The largest absolute Gasteiger partial charge is 0.491 e. The third-order valence-electron chi connectivity index (χ3n) is 3.45. The number of nitrogens with one attached hydrogen (secondary N) is 1. The van der Waals surface area contributed by atoms with Crippen LogP contribution in [-0.2, 0) is 4.74 Å². The quantitative estimate of drug-likeness (QED) is 0.739. The second-order valence-corrected chi connectivity index (χ2v) is 4.90. The van der Waals surface area contributed by atoms with Gasteiger partial charge in [-0.05, 0) is 12.1 Å². The third kappa shape index (κ3) is 2.90. The molecule has 21 heavy (non-hydrogen) atoms. The summed E-state index contributed by atoms with van der Waals surface area (Å²) in [7, 11) is 1.76. The predicted molar refractivity (Wildman–Crippen MR) is 76.3 cm³/mol. The summed E-state index contributed by atoms with van der Waals surface area (Å²) >= 11 is 0. The van der Waals surface area contributed by atoms with E-state index in [9.17, 15) is 10.2 Å². The highest BCUT2D eigenvalue weighted by atomic mass is 16.6. The lowest BCUT2D eigenvalue weighted by Gasteiger charge is -2.15. The number of hydrogen-bond acceptors (Lipinski definition) is 7. The monoisotopic (exact) mass is 291 g/mol. The summed E-state index contributed by atoms with van der Waals surface area (Å²) in [5.74, 6) is 1.16. The standard InChI is InChI=1S/C14H17N3O4/c1-15-14-16-5-8-2-3-9(4-10(8)17-14)20-7-12-13(19)11(18)6-21-12/h2-5,11-13,18-19H,6-7H2,1H3,(H,15,16,17). The van der Waals surface area contributed by atoms with E-state index in [1.165, 1.54) is 0 Å². The van der Waals surface area contributed by atoms with Gasteiger partial charge in [-0.15, -0.1) is 0 Å². The van der Waals surface area contributed by atoms with E-state index in [1.54, 1.807) is 19.3 Å². The molecule has 2 aromatic rings. The number of rotatable bonds is 4. The Morgan fingerprint density at radius 2 is 2.29 bits per heavy atom. The van der Waals surface area contributed by atoms with Gasteiger partial charge in [0.05, 0.1) is 12.1 Å². The van der Waals surface area contributed by atoms with Gasteiger partial charge in [-0.25, -0.2) is 9.97 Å². The first kappa shape index (κ1) is 14.0. The lowest BCUT2D eigenvalue weighted by molar-refractivity contribution is -0.0000675. The molecule has 0 aliphatic carbocycles. The SMILES string of the molecule is CNc1ncc2ccc(OCC3OCC(O)C3O)cc2n1. The van der Waals surface area contributed by atoms with Crippen molar-refractivity contribution in [3.63, 3.8) is 0 Å². The maximum atomic E-state index is 9.69. The molecule has 7 nitrogen and oxygen atoms in total. The van der Waals surface area contributed by atoms with Gasteiger partial charge in [0.2, 0.25) is 5.95 Å². The molecule has 0 bridgehead atoms. The van der Waals surface area contributed by atoms with Crippen LogP contribution in [0.1, 0.15) is 0 Å². The summed E-state index contributed by atoms with van der Waals surface area (Å²) in [4.78, 5) is 8.48. The van der Waals surface area contributed by atoms with E-state index in [-0.39, 0.29) is 13.2 Å². The number of hydrogen-bond donors (Lipinski definition) is 3. The maximum Gasteiger partial charge on any atom is 0.222 e. The van der Waals surface area contributed by atoms with E-state index in [0.717, 1.165) is 10.9 Å². The zero-order chi connectivity index (χ0) is 14.8. The molecule has 1 saturated heterocycles. The second kappa shape index (κ2) is 5.80. The fraction of sp³-hybridized carbons (Fsp3) is 0.429. The summed E-state index contributed by atoms with van der Waals surface area (Å²) in [5.41, 5.74) is 0.764. The van der Waals surface area contributed by atoms with Crippen molar-refractivity contribution in [1.82, 2.24) is 9.97 Å². The molecule has 1 aromatic carbocycles. The number of ether oxygens (including phenoxy) is 2. The molecule has 3 atom stereocenters. The Hall–Kier alpha value is -1.96. The Morgan fingerprint density at radius 1 is 1.43 bits per heavy atom. The molecular weight excluding hydrogens is 274 g/mol. The van der Waals surface area contributed by atoms with E-state index < -0.39 is 18.3 Å². The fourth-order valence-electron chi connectivity index (χ4n) is 2.21. The normalized spacial score (nSPS) is 25.2. The molecule has 3 rings (SSSR count). The summed E-state index contributed by atoms with van der Waals surface area (Å²) in [6.07, 6.45) is -0.545. The average Bonchev–Trinajstić information content (AvgIpc) is 2.83. The number of nitrogens with zero attached hydrogens (tertiary/aromatic N) is 2. The van der Waals surface area contributed by atoms with Crippen LogP contribution in [0.2, 0.25) is 0 Å². The van der Waals surface area contributed by atoms with Crippen molar-refractivity contribution < 1.29 is 19.7 Å².